The van der Waals surface area contributed by atoms with Gasteiger partial charge in [-0.15, -0.1) is 0 Å². The number of nitrogens with zero attached hydrogens (tertiary/aromatic N) is 1. The number of hydrogen-bond donors (Lipinski definition) is 3. The maximum absolute atomic E-state index is 12.2. The van der Waals surface area contributed by atoms with Gasteiger partial charge in [-0.05, 0) is 33.6 Å². The number of carbonyl (C=O) groups excluding carboxylic acids is 1. The Morgan fingerprint density at radius 3 is 2.47 bits per heavy atom. The highest BCUT2D eigenvalue weighted by atomic mass is 32.1. The molecule has 0 saturated carbocycles. The molecule has 19 heavy (non-hydrogen) atoms. The van der Waals surface area contributed by atoms with Gasteiger partial charge in [-0.3, -0.25) is 4.79 Å². The van der Waals surface area contributed by atoms with E-state index in [4.69, 9.17) is 5.73 Å². The second-order valence-corrected chi connectivity index (χ2v) is 6.25. The van der Waals surface area contributed by atoms with Crippen LogP contribution in [0.1, 0.15) is 57.1 Å². The first kappa shape index (κ1) is 15.8. The van der Waals surface area contributed by atoms with Crippen LogP contribution in [0.25, 0.3) is 0 Å². The fraction of sp³-hybridized carbons (Fsp3) is 0.692. The molecule has 0 bridgehead atoms. The molecular formula is C13H24N4OS. The van der Waals surface area contributed by atoms with Gasteiger partial charge in [0.15, 0.2) is 5.13 Å². The molecule has 1 rings (SSSR count). The lowest BCUT2D eigenvalue weighted by atomic mass is 9.95. The van der Waals surface area contributed by atoms with Gasteiger partial charge in [-0.2, -0.15) is 0 Å². The SMILES string of the molecule is CCC(C)(CC)NC(=O)c1sc(NC(C)C)nc1N. The van der Waals surface area contributed by atoms with Gasteiger partial charge in [0.1, 0.15) is 10.7 Å². The maximum atomic E-state index is 12.2. The number of thiazole rings is 1. The Morgan fingerprint density at radius 1 is 1.42 bits per heavy atom. The zero-order valence-corrected chi connectivity index (χ0v) is 13.1. The average Bonchev–Trinajstić information content (AvgIpc) is 2.69. The second kappa shape index (κ2) is 6.23. The number of carbonyl (C=O) groups is 1. The van der Waals surface area contributed by atoms with Crippen molar-refractivity contribution >= 4 is 28.2 Å². The van der Waals surface area contributed by atoms with E-state index in [0.29, 0.717) is 15.8 Å². The molecule has 0 radical (unpaired) electrons. The molecule has 0 aliphatic rings. The third-order valence-corrected chi connectivity index (χ3v) is 4.25. The summed E-state index contributed by atoms with van der Waals surface area (Å²) in [6.45, 7) is 10.2. The van der Waals surface area contributed by atoms with Crippen LogP contribution < -0.4 is 16.4 Å². The number of amides is 1. The molecule has 1 aromatic rings. The first-order chi connectivity index (χ1) is 8.81. The standard InChI is InChI=1S/C13H24N4OS/c1-6-13(5,7-2)17-11(18)9-10(14)16-12(19-9)15-8(3)4/h8H,6-7,14H2,1-5H3,(H,15,16)(H,17,18). The number of anilines is 2. The van der Waals surface area contributed by atoms with Crippen LogP contribution in [0.2, 0.25) is 0 Å². The number of aromatic nitrogens is 1. The predicted octanol–water partition coefficient (Wildman–Crippen LogP) is 2.85. The Hall–Kier alpha value is -1.30. The fourth-order valence-electron chi connectivity index (χ4n) is 1.56. The van der Waals surface area contributed by atoms with Gasteiger partial charge < -0.3 is 16.4 Å². The van der Waals surface area contributed by atoms with Crippen molar-refractivity contribution in [3.63, 3.8) is 0 Å². The van der Waals surface area contributed by atoms with E-state index in [-0.39, 0.29) is 17.5 Å². The highest BCUT2D eigenvalue weighted by Crippen LogP contribution is 2.26. The smallest absolute Gasteiger partial charge is 0.265 e. The Labute approximate surface area is 119 Å². The van der Waals surface area contributed by atoms with E-state index in [1.165, 1.54) is 11.3 Å². The van der Waals surface area contributed by atoms with Crippen LogP contribution in [0, 0.1) is 0 Å². The zero-order valence-electron chi connectivity index (χ0n) is 12.3. The maximum Gasteiger partial charge on any atom is 0.265 e. The van der Waals surface area contributed by atoms with Gasteiger partial charge in [-0.1, -0.05) is 25.2 Å². The lowest BCUT2D eigenvalue weighted by molar-refractivity contribution is 0.0906. The van der Waals surface area contributed by atoms with Gasteiger partial charge in [0.05, 0.1) is 0 Å². The van der Waals surface area contributed by atoms with Gasteiger partial charge in [0.25, 0.3) is 5.91 Å². The van der Waals surface area contributed by atoms with Crippen LogP contribution in [0.4, 0.5) is 10.9 Å². The van der Waals surface area contributed by atoms with Gasteiger partial charge >= 0.3 is 0 Å². The molecule has 1 heterocycles. The van der Waals surface area contributed by atoms with Crippen molar-refractivity contribution in [3.05, 3.63) is 4.88 Å². The molecule has 5 nitrogen and oxygen atoms in total. The Bertz CT molecular complexity index is 438. The number of nitrogens with one attached hydrogen (secondary N) is 2. The van der Waals surface area contributed by atoms with Gasteiger partial charge in [0, 0.05) is 11.6 Å². The van der Waals surface area contributed by atoms with Crippen molar-refractivity contribution in [3.8, 4) is 0 Å². The predicted molar refractivity (Wildman–Crippen MR) is 81.7 cm³/mol. The lowest BCUT2D eigenvalue weighted by Crippen LogP contribution is -2.44. The molecule has 0 aromatic carbocycles. The molecule has 0 aliphatic carbocycles. The molecule has 0 atom stereocenters. The highest BCUT2D eigenvalue weighted by Gasteiger charge is 2.25. The zero-order chi connectivity index (χ0) is 14.6. The van der Waals surface area contributed by atoms with Crippen molar-refractivity contribution in [2.24, 2.45) is 0 Å². The summed E-state index contributed by atoms with van der Waals surface area (Å²) >= 11 is 1.30. The minimum absolute atomic E-state index is 0.141. The molecule has 0 aliphatic heterocycles. The van der Waals surface area contributed by atoms with E-state index >= 15 is 0 Å². The minimum atomic E-state index is -0.195. The fourth-order valence-corrected chi connectivity index (χ4v) is 2.49. The summed E-state index contributed by atoms with van der Waals surface area (Å²) in [5.41, 5.74) is 5.62. The molecule has 6 heteroatoms. The Morgan fingerprint density at radius 2 is 2.00 bits per heavy atom. The van der Waals surface area contributed by atoms with Crippen molar-refractivity contribution in [2.75, 3.05) is 11.1 Å². The molecule has 0 unspecified atom stereocenters. The first-order valence-electron chi connectivity index (χ1n) is 6.66. The molecular weight excluding hydrogens is 260 g/mol. The molecule has 0 fully saturated rings. The average molecular weight is 284 g/mol. The van der Waals surface area contributed by atoms with Crippen LogP contribution in [-0.2, 0) is 0 Å². The summed E-state index contributed by atoms with van der Waals surface area (Å²) in [6, 6.07) is 0.262. The van der Waals surface area contributed by atoms with E-state index in [9.17, 15) is 4.79 Å². The molecule has 1 amide bonds. The summed E-state index contributed by atoms with van der Waals surface area (Å²) in [5.74, 6) is 0.151. The summed E-state index contributed by atoms with van der Waals surface area (Å²) in [5, 5.41) is 6.89. The summed E-state index contributed by atoms with van der Waals surface area (Å²) < 4.78 is 0. The molecule has 0 saturated heterocycles. The van der Waals surface area contributed by atoms with E-state index in [1.54, 1.807) is 0 Å². The minimum Gasteiger partial charge on any atom is -0.382 e. The summed E-state index contributed by atoms with van der Waals surface area (Å²) in [6.07, 6.45) is 1.76. The number of nitrogen functional groups attached to an aromatic ring is 1. The van der Waals surface area contributed by atoms with Crippen LogP contribution in [0.5, 0.6) is 0 Å². The van der Waals surface area contributed by atoms with E-state index in [0.717, 1.165) is 12.8 Å². The summed E-state index contributed by atoms with van der Waals surface area (Å²) in [4.78, 5) is 16.9. The van der Waals surface area contributed by atoms with Crippen LogP contribution in [0.15, 0.2) is 0 Å². The van der Waals surface area contributed by atoms with Crippen LogP contribution >= 0.6 is 11.3 Å². The van der Waals surface area contributed by atoms with E-state index in [1.807, 2.05) is 20.8 Å². The Kier molecular flexibility index (Phi) is 5.17. The Balaban J connectivity index is 2.85. The van der Waals surface area contributed by atoms with E-state index < -0.39 is 0 Å². The van der Waals surface area contributed by atoms with Crippen molar-refractivity contribution in [2.45, 2.75) is 59.0 Å². The topological polar surface area (TPSA) is 80.0 Å². The summed E-state index contributed by atoms with van der Waals surface area (Å²) in [7, 11) is 0. The second-order valence-electron chi connectivity index (χ2n) is 5.25. The van der Waals surface area contributed by atoms with Crippen molar-refractivity contribution in [1.82, 2.24) is 10.3 Å². The third-order valence-electron chi connectivity index (χ3n) is 3.25. The third kappa shape index (κ3) is 4.09. The number of hydrogen-bond acceptors (Lipinski definition) is 5. The van der Waals surface area contributed by atoms with Gasteiger partial charge in [0.2, 0.25) is 0 Å². The van der Waals surface area contributed by atoms with Crippen molar-refractivity contribution < 1.29 is 4.79 Å². The molecule has 0 spiro atoms. The van der Waals surface area contributed by atoms with Crippen LogP contribution in [0.3, 0.4) is 0 Å². The number of rotatable bonds is 6. The van der Waals surface area contributed by atoms with Crippen molar-refractivity contribution in [1.29, 1.82) is 0 Å². The number of nitrogens with two attached hydrogens (primary N) is 1. The molecule has 108 valence electrons. The highest BCUT2D eigenvalue weighted by molar-refractivity contribution is 7.18. The first-order valence-corrected chi connectivity index (χ1v) is 7.48. The van der Waals surface area contributed by atoms with Gasteiger partial charge in [-0.25, -0.2) is 4.98 Å². The lowest BCUT2D eigenvalue weighted by Gasteiger charge is -2.27. The van der Waals surface area contributed by atoms with Crippen LogP contribution in [-0.4, -0.2) is 22.5 Å². The molecule has 1 aromatic heterocycles. The normalized spacial score (nSPS) is 11.7. The largest absolute Gasteiger partial charge is 0.382 e. The quantitative estimate of drug-likeness (QED) is 0.750. The molecule has 4 N–H and O–H groups in total. The van der Waals surface area contributed by atoms with E-state index in [2.05, 4.69) is 29.5 Å². The monoisotopic (exact) mass is 284 g/mol.